The summed E-state index contributed by atoms with van der Waals surface area (Å²) < 4.78 is 42.9. The number of hydrogen-bond acceptors (Lipinski definition) is 4. The molecule has 1 aromatic carbocycles. The summed E-state index contributed by atoms with van der Waals surface area (Å²) in [7, 11) is 0. The van der Waals surface area contributed by atoms with Crippen molar-refractivity contribution in [1.82, 2.24) is 9.88 Å². The zero-order valence-electron chi connectivity index (χ0n) is 12.5. The number of aliphatic hydroxyl groups is 1. The van der Waals surface area contributed by atoms with E-state index in [1.165, 1.54) is 4.90 Å². The van der Waals surface area contributed by atoms with E-state index in [-0.39, 0.29) is 36.7 Å². The zero-order chi connectivity index (χ0) is 17.5. The fraction of sp³-hybridized carbons (Fsp3) is 0.467. The summed E-state index contributed by atoms with van der Waals surface area (Å²) in [6, 6.07) is 4.84. The van der Waals surface area contributed by atoms with E-state index in [1.54, 1.807) is 18.2 Å². The first kappa shape index (κ1) is 17.0. The number of hydrogen-bond donors (Lipinski definition) is 2. The molecule has 24 heavy (non-hydrogen) atoms. The Morgan fingerprint density at radius 1 is 1.38 bits per heavy atom. The average molecular weight is 360 g/mol. The van der Waals surface area contributed by atoms with Crippen molar-refractivity contribution < 1.29 is 27.5 Å². The lowest BCUT2D eigenvalue weighted by Crippen LogP contribution is -2.45. The Morgan fingerprint density at radius 3 is 2.67 bits per heavy atom. The topological polar surface area (TPSA) is 69.5 Å². The molecule has 1 saturated heterocycles. The summed E-state index contributed by atoms with van der Waals surface area (Å²) in [4.78, 5) is 17.0. The van der Waals surface area contributed by atoms with Gasteiger partial charge in [0.25, 0.3) is 10.7 Å². The molecule has 2 aromatic rings. The van der Waals surface area contributed by atoms with Crippen molar-refractivity contribution in [3.05, 3.63) is 28.6 Å². The Labute approximate surface area is 140 Å². The van der Waals surface area contributed by atoms with E-state index in [0.717, 1.165) is 0 Å². The van der Waals surface area contributed by atoms with Crippen LogP contribution in [0.2, 0.25) is 0 Å². The largest absolute Gasteiger partial charge is 0.429 e. The van der Waals surface area contributed by atoms with Gasteiger partial charge in [0.2, 0.25) is 0 Å². The highest BCUT2D eigenvalue weighted by atomic mass is 32.1. The van der Waals surface area contributed by atoms with Gasteiger partial charge in [-0.3, -0.25) is 4.79 Å². The van der Waals surface area contributed by atoms with Gasteiger partial charge in [-0.2, -0.15) is 13.2 Å². The number of likely N-dealkylation sites (tertiary alicyclic amines) is 1. The second-order valence-electron chi connectivity index (χ2n) is 5.84. The fourth-order valence-electron chi connectivity index (χ4n) is 2.95. The Hall–Kier alpha value is -1.87. The van der Waals surface area contributed by atoms with E-state index < -0.39 is 18.2 Å². The van der Waals surface area contributed by atoms with Crippen molar-refractivity contribution in [2.45, 2.75) is 25.1 Å². The van der Waals surface area contributed by atoms with Crippen molar-refractivity contribution >= 4 is 29.2 Å². The first-order chi connectivity index (χ1) is 11.3. The van der Waals surface area contributed by atoms with Crippen LogP contribution in [0.3, 0.4) is 0 Å². The predicted octanol–water partition coefficient (Wildman–Crippen LogP) is 3.27. The van der Waals surface area contributed by atoms with Crippen molar-refractivity contribution in [2.24, 2.45) is 5.92 Å². The maximum Gasteiger partial charge on any atom is 0.414 e. The molecular weight excluding hydrogens is 345 g/mol. The zero-order valence-corrected chi connectivity index (χ0v) is 13.3. The van der Waals surface area contributed by atoms with Crippen LogP contribution in [-0.4, -0.2) is 46.3 Å². The Bertz CT molecular complexity index is 806. The molecule has 1 aliphatic rings. The summed E-state index contributed by atoms with van der Waals surface area (Å²) in [5.41, 5.74) is 1.51. The number of aliphatic hydroxyl groups excluding tert-OH is 1. The number of carbonyl (C=O) groups is 1. The summed E-state index contributed by atoms with van der Waals surface area (Å²) in [6.07, 6.45) is -6.74. The van der Waals surface area contributed by atoms with E-state index in [9.17, 15) is 23.1 Å². The molecule has 1 fully saturated rings. The normalized spacial score (nSPS) is 18.1. The number of carbonyl (C=O) groups excluding carboxylic acids is 1. The molecule has 0 bridgehead atoms. The van der Waals surface area contributed by atoms with Crippen LogP contribution >= 0.6 is 12.2 Å². The number of nitrogens with zero attached hydrogens (tertiary/aromatic N) is 1. The van der Waals surface area contributed by atoms with Gasteiger partial charge < -0.3 is 19.4 Å². The second kappa shape index (κ2) is 6.21. The van der Waals surface area contributed by atoms with E-state index in [4.69, 9.17) is 16.6 Å². The molecule has 3 rings (SSSR count). The molecule has 0 spiro atoms. The van der Waals surface area contributed by atoms with Crippen LogP contribution < -0.4 is 0 Å². The minimum Gasteiger partial charge on any atom is -0.429 e. The molecule has 1 amide bonds. The highest BCUT2D eigenvalue weighted by molar-refractivity contribution is 7.71. The van der Waals surface area contributed by atoms with Gasteiger partial charge in [0.1, 0.15) is 0 Å². The van der Waals surface area contributed by atoms with E-state index in [0.29, 0.717) is 16.7 Å². The van der Waals surface area contributed by atoms with Crippen molar-refractivity contribution in [3.8, 4) is 0 Å². The summed E-state index contributed by atoms with van der Waals surface area (Å²) >= 11 is 4.88. The summed E-state index contributed by atoms with van der Waals surface area (Å²) in [6.45, 7) is 0.344. The van der Waals surface area contributed by atoms with Gasteiger partial charge in [0.15, 0.2) is 11.7 Å². The van der Waals surface area contributed by atoms with Crippen LogP contribution in [-0.2, 0) is 0 Å². The van der Waals surface area contributed by atoms with Gasteiger partial charge in [0, 0.05) is 18.7 Å². The van der Waals surface area contributed by atoms with Crippen LogP contribution in [0, 0.1) is 10.8 Å². The number of aromatic amines is 1. The molecule has 130 valence electrons. The number of benzene rings is 1. The van der Waals surface area contributed by atoms with Crippen LogP contribution in [0.25, 0.3) is 11.1 Å². The second-order valence-corrected chi connectivity index (χ2v) is 6.21. The van der Waals surface area contributed by atoms with Crippen molar-refractivity contribution in [1.29, 1.82) is 0 Å². The molecule has 0 saturated carbocycles. The van der Waals surface area contributed by atoms with Gasteiger partial charge in [-0.25, -0.2) is 0 Å². The third kappa shape index (κ3) is 3.32. The lowest BCUT2D eigenvalue weighted by atomic mass is 9.90. The molecule has 0 radical (unpaired) electrons. The summed E-state index contributed by atoms with van der Waals surface area (Å²) in [5, 5.41) is 9.32. The molecule has 0 unspecified atom stereocenters. The lowest BCUT2D eigenvalue weighted by Gasteiger charge is -2.34. The number of oxazole rings is 1. The number of fused-ring (bicyclic) bond motifs is 1. The van der Waals surface area contributed by atoms with Gasteiger partial charge in [-0.1, -0.05) is 0 Å². The Kier molecular flexibility index (Phi) is 4.39. The number of amides is 1. The van der Waals surface area contributed by atoms with Crippen LogP contribution in [0.4, 0.5) is 13.2 Å². The third-order valence-electron chi connectivity index (χ3n) is 4.28. The SMILES string of the molecule is O=C(c1ccc2[nH]c(=S)oc2c1)N1CCC([C@H](O)C(F)(F)F)CC1. The van der Waals surface area contributed by atoms with E-state index in [1.807, 2.05) is 0 Å². The standard InChI is InChI=1S/C15H15F3N2O3S/c16-15(17,18)12(21)8-3-5-20(6-4-8)13(22)9-1-2-10-11(7-9)23-14(24)19-10/h1-2,7-8,12,21H,3-6H2,(H,19,24)/t12-/m0/s1. The number of nitrogens with one attached hydrogen (secondary N) is 1. The van der Waals surface area contributed by atoms with Crippen molar-refractivity contribution in [2.75, 3.05) is 13.1 Å². The molecule has 1 aliphatic heterocycles. The van der Waals surface area contributed by atoms with Gasteiger partial charge >= 0.3 is 6.18 Å². The van der Waals surface area contributed by atoms with E-state index >= 15 is 0 Å². The molecule has 1 atom stereocenters. The predicted molar refractivity (Wildman–Crippen MR) is 82.1 cm³/mol. The number of halogens is 3. The highest BCUT2D eigenvalue weighted by Gasteiger charge is 2.44. The monoisotopic (exact) mass is 360 g/mol. The van der Waals surface area contributed by atoms with Crippen LogP contribution in [0.15, 0.2) is 22.6 Å². The van der Waals surface area contributed by atoms with Gasteiger partial charge in [-0.15, -0.1) is 0 Å². The minimum atomic E-state index is -4.63. The number of aromatic nitrogens is 1. The summed E-state index contributed by atoms with van der Waals surface area (Å²) in [5.74, 6) is -1.15. The van der Waals surface area contributed by atoms with E-state index in [2.05, 4.69) is 4.98 Å². The van der Waals surface area contributed by atoms with Crippen molar-refractivity contribution in [3.63, 3.8) is 0 Å². The number of rotatable bonds is 2. The first-order valence-corrected chi connectivity index (χ1v) is 7.83. The lowest BCUT2D eigenvalue weighted by molar-refractivity contribution is -0.222. The Balaban J connectivity index is 1.69. The molecule has 2 N–H and O–H groups in total. The Morgan fingerprint density at radius 2 is 2.04 bits per heavy atom. The minimum absolute atomic E-state index is 0.111. The molecular formula is C15H15F3N2O3S. The molecule has 1 aromatic heterocycles. The smallest absolute Gasteiger partial charge is 0.414 e. The quantitative estimate of drug-likeness (QED) is 0.807. The van der Waals surface area contributed by atoms with Crippen LogP contribution in [0.5, 0.6) is 0 Å². The van der Waals surface area contributed by atoms with Crippen LogP contribution in [0.1, 0.15) is 23.2 Å². The molecule has 0 aliphatic carbocycles. The maximum absolute atomic E-state index is 12.6. The molecule has 2 heterocycles. The first-order valence-electron chi connectivity index (χ1n) is 7.42. The highest BCUT2D eigenvalue weighted by Crippen LogP contribution is 2.32. The fourth-order valence-corrected chi connectivity index (χ4v) is 3.15. The van der Waals surface area contributed by atoms with Gasteiger partial charge in [-0.05, 0) is 49.2 Å². The number of H-pyrrole nitrogens is 1. The number of piperidine rings is 1. The molecule has 5 nitrogen and oxygen atoms in total. The average Bonchev–Trinajstić information content (AvgIpc) is 2.91. The third-order valence-corrected chi connectivity index (χ3v) is 4.46. The molecule has 9 heteroatoms. The maximum atomic E-state index is 12.6. The number of alkyl halides is 3. The van der Waals surface area contributed by atoms with Gasteiger partial charge in [0.05, 0.1) is 5.52 Å².